The summed E-state index contributed by atoms with van der Waals surface area (Å²) in [7, 11) is -2.56. The lowest BCUT2D eigenvalue weighted by molar-refractivity contribution is -0.137. The summed E-state index contributed by atoms with van der Waals surface area (Å²) in [6.07, 6.45) is 13.5. The average Bonchev–Trinajstić information content (AvgIpc) is 3.14. The van der Waals surface area contributed by atoms with Crippen LogP contribution >= 0.6 is 23.5 Å². The molecule has 250 valence electrons. The van der Waals surface area contributed by atoms with Crippen molar-refractivity contribution < 1.29 is 23.2 Å². The molecule has 0 saturated heterocycles. The van der Waals surface area contributed by atoms with Crippen molar-refractivity contribution in [3.05, 3.63) is 12.2 Å². The van der Waals surface area contributed by atoms with Gasteiger partial charge < -0.3 is 13.6 Å². The number of hydrogen-bond donors (Lipinski definition) is 0. The molecule has 2 aliphatic rings. The van der Waals surface area contributed by atoms with E-state index in [0.29, 0.717) is 18.0 Å². The van der Waals surface area contributed by atoms with Crippen LogP contribution in [0.4, 0.5) is 0 Å². The van der Waals surface area contributed by atoms with E-state index in [1.165, 1.54) is 39.2 Å². The molecule has 1 unspecified atom stereocenters. The number of esters is 1. The van der Waals surface area contributed by atoms with Crippen molar-refractivity contribution in [2.45, 2.75) is 154 Å². The second kappa shape index (κ2) is 16.2. The molecule has 2 saturated carbocycles. The summed E-state index contributed by atoms with van der Waals surface area (Å²) in [5, 5.41) is 0.179. The SMILES string of the molecule is CCCC1(C(C/C=C/[C@H]2[C@H](O[Si](C)(C)C(C)(C)C)CC(=O)[C@@H]2SCCCSCC(=O)OC)O[Si](C)(C)C(C)(C)C)CCC1. The number of thioether (sulfide) groups is 2. The Kier molecular flexibility index (Phi) is 14.7. The molecule has 0 aromatic rings. The first-order chi connectivity index (χ1) is 19.8. The number of ether oxygens (including phenoxy) is 1. The molecule has 9 heteroatoms. The van der Waals surface area contributed by atoms with Crippen LogP contribution < -0.4 is 0 Å². The quantitative estimate of drug-likeness (QED) is 0.0660. The average molecular weight is 673 g/mol. The van der Waals surface area contributed by atoms with Gasteiger partial charge in [-0.25, -0.2) is 0 Å². The maximum atomic E-state index is 13.5. The van der Waals surface area contributed by atoms with E-state index < -0.39 is 16.6 Å². The van der Waals surface area contributed by atoms with Gasteiger partial charge in [0.2, 0.25) is 0 Å². The highest BCUT2D eigenvalue weighted by Crippen LogP contribution is 2.52. The summed E-state index contributed by atoms with van der Waals surface area (Å²) < 4.78 is 18.9. The topological polar surface area (TPSA) is 61.8 Å². The molecule has 0 bridgehead atoms. The van der Waals surface area contributed by atoms with E-state index in [2.05, 4.69) is 86.8 Å². The minimum Gasteiger partial charge on any atom is -0.468 e. The molecule has 0 aromatic heterocycles. The summed E-state index contributed by atoms with van der Waals surface area (Å²) in [5.41, 5.74) is 0.285. The number of Topliss-reactive ketones (excluding diaryl/α,β-unsaturated/α-hetero) is 1. The maximum absolute atomic E-state index is 13.5. The Morgan fingerprint density at radius 1 is 1.05 bits per heavy atom. The Bertz CT molecular complexity index is 934. The van der Waals surface area contributed by atoms with Crippen molar-refractivity contribution in [3.8, 4) is 0 Å². The fourth-order valence-electron chi connectivity index (χ4n) is 5.73. The van der Waals surface area contributed by atoms with Crippen LogP contribution in [0.15, 0.2) is 12.2 Å². The molecule has 4 atom stereocenters. The molecule has 0 N–H and O–H groups in total. The van der Waals surface area contributed by atoms with Crippen molar-refractivity contribution in [3.63, 3.8) is 0 Å². The number of rotatable bonds is 17. The number of carbonyl (C=O) groups is 2. The van der Waals surface area contributed by atoms with Crippen molar-refractivity contribution in [2.75, 3.05) is 24.4 Å². The Morgan fingerprint density at radius 2 is 1.67 bits per heavy atom. The molecule has 0 spiro atoms. The Hall–Kier alpha value is -0.0662. The van der Waals surface area contributed by atoms with Gasteiger partial charge in [-0.2, -0.15) is 11.8 Å². The minimum absolute atomic E-state index is 0.0658. The third kappa shape index (κ3) is 10.7. The number of carbonyl (C=O) groups excluding carboxylic acids is 2. The van der Waals surface area contributed by atoms with Gasteiger partial charge in [0.05, 0.1) is 30.3 Å². The van der Waals surface area contributed by atoms with Crippen LogP contribution in [0.2, 0.25) is 36.3 Å². The fraction of sp³-hybridized carbons (Fsp3) is 0.882. The van der Waals surface area contributed by atoms with Gasteiger partial charge in [0.25, 0.3) is 0 Å². The van der Waals surface area contributed by atoms with E-state index in [-0.39, 0.29) is 44.8 Å². The van der Waals surface area contributed by atoms with E-state index in [4.69, 9.17) is 13.6 Å². The van der Waals surface area contributed by atoms with Crippen LogP contribution in [0.5, 0.6) is 0 Å². The van der Waals surface area contributed by atoms with Gasteiger partial charge in [0.15, 0.2) is 16.6 Å². The summed E-state index contributed by atoms with van der Waals surface area (Å²) in [6, 6.07) is 0. The van der Waals surface area contributed by atoms with Crippen LogP contribution in [0.3, 0.4) is 0 Å². The third-order valence-electron chi connectivity index (χ3n) is 10.7. The molecule has 5 nitrogen and oxygen atoms in total. The standard InChI is InChI=1S/C34H64O5S2Si2/c1-13-19-34(20-15-21-34)29(39-43(11,12)33(5,6)7)18-14-17-26-28(38-42(9,10)32(2,3)4)24-27(35)31(26)41-23-16-22-40-25-30(36)37-8/h14,17,26,28-29,31H,13,15-16,18-25H2,1-12H3/b17-14+/t26-,28+,29?,31+/m0/s1. The van der Waals surface area contributed by atoms with E-state index in [0.717, 1.165) is 24.3 Å². The van der Waals surface area contributed by atoms with Gasteiger partial charge in [-0.05, 0) is 85.3 Å². The lowest BCUT2D eigenvalue weighted by Gasteiger charge is -2.51. The van der Waals surface area contributed by atoms with E-state index >= 15 is 0 Å². The lowest BCUT2D eigenvalue weighted by Crippen LogP contribution is -2.51. The van der Waals surface area contributed by atoms with Crippen LogP contribution in [-0.2, 0) is 23.2 Å². The van der Waals surface area contributed by atoms with Crippen molar-refractivity contribution in [1.82, 2.24) is 0 Å². The fourth-order valence-corrected chi connectivity index (χ4v) is 10.8. The van der Waals surface area contributed by atoms with Crippen LogP contribution in [0.1, 0.15) is 99.8 Å². The molecule has 0 radical (unpaired) electrons. The monoisotopic (exact) mass is 672 g/mol. The van der Waals surface area contributed by atoms with Crippen LogP contribution in [-0.4, -0.2) is 70.2 Å². The molecule has 0 heterocycles. The van der Waals surface area contributed by atoms with Gasteiger partial charge in [-0.3, -0.25) is 9.59 Å². The number of ketones is 1. The van der Waals surface area contributed by atoms with Gasteiger partial charge in [0.1, 0.15) is 5.78 Å². The minimum atomic E-state index is -2.05. The number of hydrogen-bond acceptors (Lipinski definition) is 7. The van der Waals surface area contributed by atoms with Gasteiger partial charge in [-0.1, -0.05) is 73.5 Å². The van der Waals surface area contributed by atoms with E-state index in [1.807, 2.05) is 0 Å². The van der Waals surface area contributed by atoms with Crippen molar-refractivity contribution >= 4 is 51.9 Å². The zero-order valence-electron chi connectivity index (χ0n) is 29.6. The van der Waals surface area contributed by atoms with Crippen LogP contribution in [0, 0.1) is 11.3 Å². The molecule has 0 amide bonds. The highest BCUT2D eigenvalue weighted by Gasteiger charge is 2.49. The first-order valence-corrected chi connectivity index (χ1v) is 24.6. The third-order valence-corrected chi connectivity index (χ3v) is 22.1. The second-order valence-electron chi connectivity index (χ2n) is 15.9. The lowest BCUT2D eigenvalue weighted by atomic mass is 9.62. The van der Waals surface area contributed by atoms with Gasteiger partial charge in [0, 0.05) is 12.3 Å². The smallest absolute Gasteiger partial charge is 0.315 e. The van der Waals surface area contributed by atoms with E-state index in [9.17, 15) is 9.59 Å². The highest BCUT2D eigenvalue weighted by molar-refractivity contribution is 8.01. The molecule has 0 aliphatic heterocycles. The molecule has 2 fully saturated rings. The maximum Gasteiger partial charge on any atom is 0.315 e. The molecule has 43 heavy (non-hydrogen) atoms. The summed E-state index contributed by atoms with van der Waals surface area (Å²) in [5.74, 6) is 2.39. The first-order valence-electron chi connectivity index (χ1n) is 16.6. The molecule has 0 aromatic carbocycles. The van der Waals surface area contributed by atoms with Crippen LogP contribution in [0.25, 0.3) is 0 Å². The zero-order valence-corrected chi connectivity index (χ0v) is 33.2. The Morgan fingerprint density at radius 3 is 2.19 bits per heavy atom. The Balaban J connectivity index is 2.25. The summed E-state index contributed by atoms with van der Waals surface area (Å²) >= 11 is 3.39. The summed E-state index contributed by atoms with van der Waals surface area (Å²) in [6.45, 7) is 25.5. The molecule has 2 rings (SSSR count). The zero-order chi connectivity index (χ0) is 32.7. The largest absolute Gasteiger partial charge is 0.468 e. The molecular weight excluding hydrogens is 609 g/mol. The summed E-state index contributed by atoms with van der Waals surface area (Å²) in [4.78, 5) is 24.9. The Labute approximate surface area is 275 Å². The predicted octanol–water partition coefficient (Wildman–Crippen LogP) is 9.67. The molecular formula is C34H64O5S2Si2. The van der Waals surface area contributed by atoms with Gasteiger partial charge >= 0.3 is 5.97 Å². The predicted molar refractivity (Wildman–Crippen MR) is 192 cm³/mol. The van der Waals surface area contributed by atoms with Crippen molar-refractivity contribution in [2.24, 2.45) is 11.3 Å². The van der Waals surface area contributed by atoms with Crippen molar-refractivity contribution in [1.29, 1.82) is 0 Å². The van der Waals surface area contributed by atoms with E-state index in [1.54, 1.807) is 23.5 Å². The second-order valence-corrected chi connectivity index (χ2v) is 27.8. The number of methoxy groups -OCH3 is 1. The normalized spacial score (nSPS) is 23.9. The highest BCUT2D eigenvalue weighted by atomic mass is 32.2. The van der Waals surface area contributed by atoms with Gasteiger partial charge in [-0.15, -0.1) is 11.8 Å². The first kappa shape index (κ1) is 39.1. The molecule has 2 aliphatic carbocycles.